The molecule has 0 amide bonds. The second-order valence-electron chi connectivity index (χ2n) is 30.1. The third-order valence-electron chi connectivity index (χ3n) is 20.6. The second kappa shape index (κ2) is 60.8. The van der Waals surface area contributed by atoms with E-state index in [4.69, 9.17) is 7.76 Å². The van der Waals surface area contributed by atoms with Crippen molar-refractivity contribution < 1.29 is 27.5 Å². The number of aryl methyl sites for hydroxylation is 2. The fourth-order valence-electron chi connectivity index (χ4n) is 14.4. The third kappa shape index (κ3) is 41.6. The molecule has 4 aromatic carbocycles. The standard InChI is InChI=1S/C81H134N2.2C7H7O.Ni/c1-9-13-17-20-23-25-27-29-31-33-35-37-39-41-43-45-49-56-70(5)68-72(7)64-66-74-58-52-54-60-76(74)80-78(62-48-16-12-4)79(63-51-47-22-19-15-11-3)81(83(80)82)77-61-55-53-59-75(77)67-65-73(8)69-71(6)57-50-46-44-42-40-38-36-34-32-30-28-26-24-21-18-14-10-2;2*8-6-7-4-2-1-3-5-7;/h52-55,58-61,68-69,72-73H,9-50,56-57,62,64-67H2,1-8H3;2*1-5H,6H2;/q;2*-1;+2. The normalized spacial score (nSPS) is 13.3. The first-order valence-corrected chi connectivity index (χ1v) is 42.9. The zero-order chi connectivity index (χ0) is 71.4. The predicted molar refractivity (Wildman–Crippen MR) is 434 cm³/mol. The van der Waals surface area contributed by atoms with Gasteiger partial charge in [0.15, 0.2) is 0 Å². The molecule has 0 aromatic heterocycles. The van der Waals surface area contributed by atoms with Gasteiger partial charge in [0.1, 0.15) is 5.57 Å². The van der Waals surface area contributed by atoms with Crippen molar-refractivity contribution in [3.63, 3.8) is 0 Å². The average molecular weight is 1410 g/mol. The predicted octanol–water partition coefficient (Wildman–Crippen LogP) is 30.9. The maximum atomic E-state index is 12.9. The molecule has 0 spiro atoms. The Morgan fingerprint density at radius 2 is 0.710 bits per heavy atom. The van der Waals surface area contributed by atoms with Crippen molar-refractivity contribution in [3.8, 4) is 11.8 Å². The minimum atomic E-state index is 0.494. The molecule has 2 unspecified atom stereocenters. The Kier molecular flexibility index (Phi) is 53.4. The van der Waals surface area contributed by atoms with Crippen LogP contribution in [0.2, 0.25) is 0 Å². The van der Waals surface area contributed by atoms with Gasteiger partial charge in [0.05, 0.1) is 5.56 Å². The van der Waals surface area contributed by atoms with Gasteiger partial charge < -0.3 is 5.53 Å². The SMILES string of the molecule is CCCCCCC#CC1=C(c2ccccc2CCC(C)C=C(C)CCCCCCCCCCCCCCCCCCC)[N+](=[N-])C(c2ccccc2CCC(C)C=C(C)CCCCCCCCCCCCCCCCCCC)=C1CCCCC.c1ccc(C[O][Ni][O]Cc2ccccc2)cc1. The van der Waals surface area contributed by atoms with Crippen LogP contribution in [0.15, 0.2) is 144 Å². The van der Waals surface area contributed by atoms with Gasteiger partial charge in [-0.05, 0) is 120 Å². The molecule has 0 saturated heterocycles. The summed E-state index contributed by atoms with van der Waals surface area (Å²) in [7, 11) is 0. The van der Waals surface area contributed by atoms with Crippen LogP contribution in [0.5, 0.6) is 0 Å². The summed E-state index contributed by atoms with van der Waals surface area (Å²) in [4.78, 5) is 0. The molecule has 4 aromatic rings. The zero-order valence-electron chi connectivity index (χ0n) is 65.8. The van der Waals surface area contributed by atoms with Crippen LogP contribution in [0.3, 0.4) is 0 Å². The molecule has 2 atom stereocenters. The summed E-state index contributed by atoms with van der Waals surface area (Å²) in [5.74, 6) is 8.44. The molecular weight excluding hydrogens is 1260 g/mol. The monoisotopic (exact) mass is 1410 g/mol. The van der Waals surface area contributed by atoms with E-state index in [0.717, 1.165) is 107 Å². The first kappa shape index (κ1) is 87.8. The molecule has 5 rings (SSSR count). The molecule has 0 bridgehead atoms. The van der Waals surface area contributed by atoms with Crippen LogP contribution in [-0.4, -0.2) is 4.70 Å². The number of rotatable bonds is 60. The van der Waals surface area contributed by atoms with Gasteiger partial charge in [0.2, 0.25) is 11.4 Å². The van der Waals surface area contributed by atoms with Gasteiger partial charge in [-0.3, -0.25) is 0 Å². The van der Waals surface area contributed by atoms with E-state index in [-0.39, 0.29) is 0 Å². The minimum absolute atomic E-state index is 0.494. The number of benzene rings is 4. The van der Waals surface area contributed by atoms with Gasteiger partial charge >= 0.3 is 108 Å². The van der Waals surface area contributed by atoms with E-state index in [1.165, 1.54) is 279 Å². The van der Waals surface area contributed by atoms with Crippen LogP contribution >= 0.6 is 0 Å². The van der Waals surface area contributed by atoms with Crippen LogP contribution in [-0.2, 0) is 48.9 Å². The molecule has 0 fully saturated rings. The summed E-state index contributed by atoms with van der Waals surface area (Å²) in [6, 6.07) is 38.0. The molecule has 560 valence electrons. The van der Waals surface area contributed by atoms with E-state index in [2.05, 4.69) is 128 Å². The van der Waals surface area contributed by atoms with Gasteiger partial charge in [0, 0.05) is 17.6 Å². The summed E-state index contributed by atoms with van der Waals surface area (Å²) in [5.41, 5.74) is 27.4. The number of unbranched alkanes of at least 4 members (excludes halogenated alkanes) is 38. The Balaban J connectivity index is 0.00000107. The van der Waals surface area contributed by atoms with E-state index in [9.17, 15) is 5.53 Å². The second-order valence-corrected chi connectivity index (χ2v) is 30.8. The molecule has 1 aliphatic heterocycles. The molecule has 1 aliphatic rings. The molecular formula is C95H148N2NiO2. The van der Waals surface area contributed by atoms with Gasteiger partial charge in [-0.25, -0.2) is 4.70 Å². The molecule has 5 heteroatoms. The summed E-state index contributed by atoms with van der Waals surface area (Å²) in [6.45, 7) is 19.9. The Labute approximate surface area is 624 Å². The molecule has 1 heterocycles. The zero-order valence-corrected chi connectivity index (χ0v) is 66.8. The van der Waals surface area contributed by atoms with Crippen LogP contribution in [0.25, 0.3) is 16.9 Å². The average Bonchev–Trinajstić information content (AvgIpc) is 1.60. The van der Waals surface area contributed by atoms with Crippen LogP contribution in [0.4, 0.5) is 0 Å². The molecule has 0 radical (unpaired) electrons. The van der Waals surface area contributed by atoms with Crippen LogP contribution < -0.4 is 0 Å². The molecule has 100 heavy (non-hydrogen) atoms. The van der Waals surface area contributed by atoms with Gasteiger partial charge in [-0.15, -0.1) is 0 Å². The van der Waals surface area contributed by atoms with Crippen molar-refractivity contribution in [3.05, 3.63) is 183 Å². The van der Waals surface area contributed by atoms with Gasteiger partial charge in [0.25, 0.3) is 0 Å². The molecule has 0 N–H and O–H groups in total. The summed E-state index contributed by atoms with van der Waals surface area (Å²) >= 11 is 0.863. The maximum absolute atomic E-state index is 12.9. The van der Waals surface area contributed by atoms with Crippen molar-refractivity contribution in [2.45, 2.75) is 383 Å². The Hall–Kier alpha value is -4.59. The Morgan fingerprint density at radius 3 is 1.09 bits per heavy atom. The third-order valence-corrected chi connectivity index (χ3v) is 21.1. The van der Waals surface area contributed by atoms with E-state index in [1.807, 2.05) is 60.7 Å². The summed E-state index contributed by atoms with van der Waals surface area (Å²) < 4.78 is 12.3. The van der Waals surface area contributed by atoms with E-state index in [1.54, 1.807) is 15.8 Å². The molecule has 4 nitrogen and oxygen atoms in total. The van der Waals surface area contributed by atoms with Crippen molar-refractivity contribution in [2.75, 3.05) is 0 Å². The first-order chi connectivity index (χ1) is 49.2. The Morgan fingerprint density at radius 1 is 0.390 bits per heavy atom. The molecule has 0 aliphatic carbocycles. The fraction of sp³-hybridized carbons (Fsp3) is 0.642. The van der Waals surface area contributed by atoms with E-state index in [0.29, 0.717) is 25.0 Å². The first-order valence-electron chi connectivity index (χ1n) is 42.1. The van der Waals surface area contributed by atoms with Crippen molar-refractivity contribution in [1.29, 1.82) is 0 Å². The van der Waals surface area contributed by atoms with Crippen LogP contribution in [0, 0.1) is 23.7 Å². The number of hydrogen-bond acceptors (Lipinski definition) is 2. The van der Waals surface area contributed by atoms with Gasteiger partial charge in [-0.2, -0.15) is 0 Å². The quantitative estimate of drug-likeness (QED) is 0.0145. The fourth-order valence-corrected chi connectivity index (χ4v) is 15.0. The van der Waals surface area contributed by atoms with Crippen molar-refractivity contribution in [2.24, 2.45) is 11.8 Å². The van der Waals surface area contributed by atoms with Gasteiger partial charge in [-0.1, -0.05) is 351 Å². The van der Waals surface area contributed by atoms with Crippen LogP contribution in [0.1, 0.15) is 391 Å². The topological polar surface area (TPSA) is 43.8 Å². The Bertz CT molecular complexity index is 2810. The summed E-state index contributed by atoms with van der Waals surface area (Å²) in [5, 5.41) is 0. The molecule has 0 saturated carbocycles. The number of hydrogen-bond donors (Lipinski definition) is 0. The van der Waals surface area contributed by atoms with Crippen molar-refractivity contribution in [1.82, 2.24) is 0 Å². The number of allylic oxidation sites excluding steroid dienone is 6. The summed E-state index contributed by atoms with van der Waals surface area (Å²) in [6.07, 6.45) is 70.1. The number of nitrogens with zero attached hydrogens (tertiary/aromatic N) is 2. The van der Waals surface area contributed by atoms with Crippen molar-refractivity contribution >= 4 is 11.4 Å². The van der Waals surface area contributed by atoms with E-state index >= 15 is 0 Å². The van der Waals surface area contributed by atoms with E-state index < -0.39 is 0 Å².